The molecule has 4 heterocycles. The van der Waals surface area contributed by atoms with Crippen molar-refractivity contribution in [3.05, 3.63) is 6.33 Å². The zero-order valence-corrected chi connectivity index (χ0v) is 20.5. The maximum absolute atomic E-state index is 12.2. The van der Waals surface area contributed by atoms with Gasteiger partial charge < -0.3 is 46.0 Å². The lowest BCUT2D eigenvalue weighted by molar-refractivity contribution is -0.0430. The van der Waals surface area contributed by atoms with E-state index in [1.807, 2.05) is 0 Å². The van der Waals surface area contributed by atoms with E-state index < -0.39 is 71.7 Å². The van der Waals surface area contributed by atoms with Crippen LogP contribution in [0.4, 0.5) is 11.8 Å². The molecule has 2 aromatic rings. The lowest BCUT2D eigenvalue weighted by Gasteiger charge is -2.20. The number of aliphatic hydroxyl groups excluding tert-OH is 3. The van der Waals surface area contributed by atoms with Crippen LogP contribution >= 0.6 is 15.6 Å². The van der Waals surface area contributed by atoms with Gasteiger partial charge in [-0.3, -0.25) is 13.6 Å². The highest BCUT2D eigenvalue weighted by Crippen LogP contribution is 2.60. The van der Waals surface area contributed by atoms with Crippen molar-refractivity contribution >= 4 is 38.6 Å². The first kappa shape index (κ1) is 27.3. The van der Waals surface area contributed by atoms with Crippen LogP contribution in [0, 0.1) is 0 Å². The maximum Gasteiger partial charge on any atom is 0.481 e. The van der Waals surface area contributed by atoms with Crippen LogP contribution in [0.3, 0.4) is 0 Å². The summed E-state index contributed by atoms with van der Waals surface area (Å²) in [6.45, 7) is 0.0437. The monoisotopic (exact) mass is 556 g/mol. The molecule has 202 valence electrons. The van der Waals surface area contributed by atoms with E-state index in [4.69, 9.17) is 25.5 Å². The van der Waals surface area contributed by atoms with Gasteiger partial charge in [-0.15, -0.1) is 0 Å². The molecule has 18 nitrogen and oxygen atoms in total. The third-order valence-corrected chi connectivity index (χ3v) is 8.19. The summed E-state index contributed by atoms with van der Waals surface area (Å²) in [7, 11) is -10.3. The van der Waals surface area contributed by atoms with E-state index in [0.717, 1.165) is 0 Å². The number of fused-ring (bicyclic) bond motifs is 1. The Balaban J connectivity index is 1.32. The third-order valence-electron chi connectivity index (χ3n) is 5.59. The van der Waals surface area contributed by atoms with Gasteiger partial charge in [-0.2, -0.15) is 14.3 Å². The normalized spacial score (nSPS) is 34.1. The summed E-state index contributed by atoms with van der Waals surface area (Å²) < 4.78 is 50.1. The number of anilines is 2. The number of phosphoric acid groups is 2. The predicted molar refractivity (Wildman–Crippen MR) is 118 cm³/mol. The van der Waals surface area contributed by atoms with Gasteiger partial charge in [0, 0.05) is 6.42 Å². The van der Waals surface area contributed by atoms with E-state index in [-0.39, 0.29) is 29.4 Å². The third kappa shape index (κ3) is 5.85. The first-order valence-corrected chi connectivity index (χ1v) is 13.5. The van der Waals surface area contributed by atoms with Crippen LogP contribution in [0.15, 0.2) is 6.33 Å². The molecule has 0 radical (unpaired) electrons. The average Bonchev–Trinajstić information content (AvgIpc) is 3.42. The number of aliphatic hydroxyl groups is 3. The number of rotatable bonds is 9. The van der Waals surface area contributed by atoms with Crippen molar-refractivity contribution in [2.45, 2.75) is 56.2 Å². The molecule has 36 heavy (non-hydrogen) atoms. The molecular weight excluding hydrogens is 530 g/mol. The molecule has 0 amide bonds. The number of nitrogens with two attached hydrogens (primary N) is 2. The fourth-order valence-electron chi connectivity index (χ4n) is 3.79. The fourth-order valence-corrected chi connectivity index (χ4v) is 5.88. The molecule has 2 aromatic heterocycles. The molecule has 0 aliphatic carbocycles. The van der Waals surface area contributed by atoms with Gasteiger partial charge in [-0.25, -0.2) is 14.1 Å². The highest BCUT2D eigenvalue weighted by Gasteiger charge is 2.44. The van der Waals surface area contributed by atoms with Crippen LogP contribution in [0.5, 0.6) is 0 Å². The second kappa shape index (κ2) is 10.2. The quantitative estimate of drug-likeness (QED) is 0.171. The summed E-state index contributed by atoms with van der Waals surface area (Å²) in [6.07, 6.45) is -6.36. The van der Waals surface area contributed by atoms with Crippen LogP contribution < -0.4 is 11.5 Å². The van der Waals surface area contributed by atoms with Crippen LogP contribution in [0.25, 0.3) is 11.2 Å². The first-order valence-electron chi connectivity index (χ1n) is 10.5. The Labute approximate surface area is 203 Å². The lowest BCUT2D eigenvalue weighted by Crippen LogP contribution is -2.33. The van der Waals surface area contributed by atoms with Crippen molar-refractivity contribution in [2.75, 3.05) is 24.7 Å². The summed E-state index contributed by atoms with van der Waals surface area (Å²) in [5, 5.41) is 29.8. The van der Waals surface area contributed by atoms with E-state index in [2.05, 4.69) is 23.8 Å². The highest BCUT2D eigenvalue weighted by atomic mass is 31.3. The second-order valence-electron chi connectivity index (χ2n) is 8.19. The molecule has 9 unspecified atom stereocenters. The zero-order valence-electron chi connectivity index (χ0n) is 18.7. The Morgan fingerprint density at radius 1 is 1.06 bits per heavy atom. The Kier molecular flexibility index (Phi) is 7.70. The largest absolute Gasteiger partial charge is 0.481 e. The maximum atomic E-state index is 12.2. The molecule has 2 saturated heterocycles. The number of aromatic nitrogens is 4. The van der Waals surface area contributed by atoms with Crippen LogP contribution in [0.2, 0.25) is 0 Å². The van der Waals surface area contributed by atoms with Crippen LogP contribution in [-0.2, 0) is 32.0 Å². The topological polar surface area (TPSA) is 277 Å². The highest BCUT2D eigenvalue weighted by molar-refractivity contribution is 7.61. The first-order chi connectivity index (χ1) is 16.8. The van der Waals surface area contributed by atoms with Gasteiger partial charge in [0.05, 0.1) is 31.7 Å². The Hall–Kier alpha value is -1.79. The molecule has 9 atom stereocenters. The molecule has 0 bridgehead atoms. The molecule has 2 aliphatic heterocycles. The van der Waals surface area contributed by atoms with Crippen molar-refractivity contribution < 1.29 is 57.1 Å². The summed E-state index contributed by atoms with van der Waals surface area (Å²) in [5.41, 5.74) is 11.9. The van der Waals surface area contributed by atoms with Gasteiger partial charge in [0.15, 0.2) is 11.5 Å². The van der Waals surface area contributed by atoms with Crippen LogP contribution in [-0.4, -0.2) is 94.5 Å². The smallest absolute Gasteiger partial charge is 0.390 e. The zero-order chi connectivity index (χ0) is 26.4. The van der Waals surface area contributed by atoms with Crippen LogP contribution in [0.1, 0.15) is 19.6 Å². The number of hydrogen-bond donors (Lipinski definition) is 7. The van der Waals surface area contributed by atoms with E-state index in [9.17, 15) is 34.2 Å². The second-order valence-corrected chi connectivity index (χ2v) is 11.2. The van der Waals surface area contributed by atoms with Gasteiger partial charge in [0.2, 0.25) is 5.95 Å². The molecule has 2 aliphatic rings. The standard InChI is InChI=1S/C16H26N6O12P2/c1-6-12(24)13(25)9(32-6)4-31-36(28,29)34-35(26,27)30-3-8-7(23)2-10(33-8)22-5-19-11-14(17)20-16(18)21-15(11)22/h5-10,12-13,23-25H,2-4H2,1H3,(H,26,27)(H,28,29)(H4,17,18,20,21). The Morgan fingerprint density at radius 3 is 2.31 bits per heavy atom. The summed E-state index contributed by atoms with van der Waals surface area (Å²) >= 11 is 0. The van der Waals surface area contributed by atoms with Crippen molar-refractivity contribution in [1.29, 1.82) is 0 Å². The van der Waals surface area contributed by atoms with E-state index in [1.165, 1.54) is 17.8 Å². The Morgan fingerprint density at radius 2 is 1.69 bits per heavy atom. The fraction of sp³-hybridized carbons (Fsp3) is 0.688. The number of nitrogen functional groups attached to an aromatic ring is 2. The minimum absolute atomic E-state index is 0.00940. The van der Waals surface area contributed by atoms with Crippen molar-refractivity contribution in [2.24, 2.45) is 0 Å². The average molecular weight is 556 g/mol. The van der Waals surface area contributed by atoms with Gasteiger partial charge >= 0.3 is 15.6 Å². The van der Waals surface area contributed by atoms with Gasteiger partial charge in [0.25, 0.3) is 0 Å². The van der Waals surface area contributed by atoms with E-state index >= 15 is 0 Å². The van der Waals surface area contributed by atoms with E-state index in [0.29, 0.717) is 0 Å². The minimum Gasteiger partial charge on any atom is -0.390 e. The van der Waals surface area contributed by atoms with Crippen molar-refractivity contribution in [1.82, 2.24) is 19.5 Å². The van der Waals surface area contributed by atoms with Gasteiger partial charge in [0.1, 0.15) is 36.2 Å². The molecule has 0 aromatic carbocycles. The molecule has 9 N–H and O–H groups in total. The number of nitrogens with zero attached hydrogens (tertiary/aromatic N) is 4. The molecular formula is C16H26N6O12P2. The predicted octanol–water partition coefficient (Wildman–Crippen LogP) is -1.60. The Bertz CT molecular complexity index is 1200. The van der Waals surface area contributed by atoms with Crippen molar-refractivity contribution in [3.8, 4) is 0 Å². The lowest BCUT2D eigenvalue weighted by atomic mass is 10.1. The number of imidazole rings is 1. The van der Waals surface area contributed by atoms with Gasteiger partial charge in [-0.05, 0) is 6.92 Å². The SMILES string of the molecule is CC1OC(COP(=O)(O)OP(=O)(O)OCC2OC(n3cnc4c(N)nc(N)nc43)CC2O)C(O)C1O. The molecule has 0 saturated carbocycles. The number of phosphoric ester groups is 2. The summed E-state index contributed by atoms with van der Waals surface area (Å²) in [5.74, 6) is -0.0581. The molecule has 4 rings (SSSR count). The molecule has 20 heteroatoms. The summed E-state index contributed by atoms with van der Waals surface area (Å²) in [6, 6.07) is 0. The number of hydrogen-bond acceptors (Lipinski definition) is 15. The number of ether oxygens (including phenoxy) is 2. The molecule has 2 fully saturated rings. The minimum atomic E-state index is -5.18. The van der Waals surface area contributed by atoms with Gasteiger partial charge in [-0.1, -0.05) is 0 Å². The summed E-state index contributed by atoms with van der Waals surface area (Å²) in [4.78, 5) is 31.6. The molecule has 0 spiro atoms. The van der Waals surface area contributed by atoms with E-state index in [1.54, 1.807) is 0 Å². The van der Waals surface area contributed by atoms with Crippen molar-refractivity contribution in [3.63, 3.8) is 0 Å².